The van der Waals surface area contributed by atoms with Crippen molar-refractivity contribution in [3.05, 3.63) is 118 Å². The van der Waals surface area contributed by atoms with E-state index in [4.69, 9.17) is 21.2 Å². The summed E-state index contributed by atoms with van der Waals surface area (Å²) in [6.07, 6.45) is 0. The molecule has 1 heterocycles. The lowest BCUT2D eigenvalue weighted by molar-refractivity contribution is -0.148. The summed E-state index contributed by atoms with van der Waals surface area (Å²) in [7, 11) is 0. The van der Waals surface area contributed by atoms with Crippen LogP contribution in [0.1, 0.15) is 29.3 Å². The zero-order valence-electron chi connectivity index (χ0n) is 20.3. The topological polar surface area (TPSA) is 110 Å². The number of halogens is 1. The molecule has 0 fully saturated rings. The summed E-state index contributed by atoms with van der Waals surface area (Å²) < 4.78 is 4.86. The molecule has 0 aliphatic rings. The van der Waals surface area contributed by atoms with Gasteiger partial charge in [-0.25, -0.2) is 14.6 Å². The van der Waals surface area contributed by atoms with E-state index in [-0.39, 0.29) is 16.6 Å². The minimum absolute atomic E-state index is 0.0846. The molecule has 8 nitrogen and oxygen atoms in total. The molecule has 4 aromatic rings. The van der Waals surface area contributed by atoms with Crippen LogP contribution >= 0.6 is 22.9 Å². The van der Waals surface area contributed by atoms with Crippen LogP contribution in [0.5, 0.6) is 0 Å². The molecule has 0 amide bonds. The van der Waals surface area contributed by atoms with Gasteiger partial charge in [0.1, 0.15) is 15.6 Å². The van der Waals surface area contributed by atoms with E-state index in [0.29, 0.717) is 5.13 Å². The Bertz CT molecular complexity index is 1320. The van der Waals surface area contributed by atoms with Gasteiger partial charge in [-0.2, -0.15) is 0 Å². The van der Waals surface area contributed by atoms with Gasteiger partial charge in [0.2, 0.25) is 12.3 Å². The first-order valence-electron chi connectivity index (χ1n) is 11.7. The molecule has 1 aromatic heterocycles. The summed E-state index contributed by atoms with van der Waals surface area (Å²) in [6.45, 7) is 1.26. The van der Waals surface area contributed by atoms with E-state index in [9.17, 15) is 14.7 Å². The molecule has 0 unspecified atom stereocenters. The lowest BCUT2D eigenvalue weighted by Crippen LogP contribution is -2.38. The zero-order chi connectivity index (χ0) is 27.0. The highest BCUT2D eigenvalue weighted by atomic mass is 35.5. The van der Waals surface area contributed by atoms with Crippen LogP contribution in [0.15, 0.2) is 96.2 Å². The number of esters is 1. The molecule has 0 radical (unpaired) electrons. The van der Waals surface area contributed by atoms with Crippen molar-refractivity contribution in [2.75, 3.05) is 18.5 Å². The first-order chi connectivity index (χ1) is 18.5. The molecule has 0 aliphatic carbocycles. The highest BCUT2D eigenvalue weighted by Crippen LogP contribution is 2.42. The Morgan fingerprint density at radius 2 is 1.45 bits per heavy atom. The van der Waals surface area contributed by atoms with Gasteiger partial charge in [-0.1, -0.05) is 119 Å². The first kappa shape index (κ1) is 26.8. The molecule has 4 rings (SSSR count). The van der Waals surface area contributed by atoms with Crippen LogP contribution in [0.25, 0.3) is 0 Å². The van der Waals surface area contributed by atoms with Crippen molar-refractivity contribution in [3.63, 3.8) is 0 Å². The van der Waals surface area contributed by atoms with E-state index in [1.54, 1.807) is 6.92 Å². The fourth-order valence-electron chi connectivity index (χ4n) is 3.98. The van der Waals surface area contributed by atoms with Crippen molar-refractivity contribution < 1.29 is 24.3 Å². The first-order valence-corrected chi connectivity index (χ1v) is 12.9. The number of ether oxygens (including phenoxy) is 1. The molecule has 0 aliphatic heterocycles. The van der Waals surface area contributed by atoms with Crippen molar-refractivity contribution in [2.45, 2.75) is 12.5 Å². The third-order valence-electron chi connectivity index (χ3n) is 5.57. The number of carboxylic acid groups (broad SMARTS) is 1. The predicted molar refractivity (Wildman–Crippen MR) is 147 cm³/mol. The number of carbonyl (C=O) groups excluding carboxylic acids is 1. The Morgan fingerprint density at radius 3 is 1.89 bits per heavy atom. The molecule has 0 spiro atoms. The second-order valence-corrected chi connectivity index (χ2v) is 9.54. The third-order valence-corrected chi connectivity index (χ3v) is 6.74. The summed E-state index contributed by atoms with van der Waals surface area (Å²) in [4.78, 5) is 32.9. The lowest BCUT2D eigenvalue weighted by Gasteiger charge is -2.36. The number of thiazole rings is 1. The van der Waals surface area contributed by atoms with Crippen LogP contribution < -0.4 is 5.32 Å². The fraction of sp³-hybridized carbons (Fsp3) is 0.143. The number of hydrogen-bond donors (Lipinski definition) is 2. The van der Waals surface area contributed by atoms with Gasteiger partial charge in [-0.05, 0) is 23.6 Å². The summed E-state index contributed by atoms with van der Waals surface area (Å²) in [5.74, 6) is -2.08. The van der Waals surface area contributed by atoms with E-state index in [0.717, 1.165) is 28.0 Å². The number of rotatable bonds is 11. The number of oxime groups is 1. The van der Waals surface area contributed by atoms with Gasteiger partial charge < -0.3 is 20.0 Å². The van der Waals surface area contributed by atoms with Gasteiger partial charge >= 0.3 is 11.9 Å². The normalized spacial score (nSPS) is 11.6. The van der Waals surface area contributed by atoms with Gasteiger partial charge in [0, 0.05) is 0 Å². The van der Waals surface area contributed by atoms with Gasteiger partial charge in [0.15, 0.2) is 5.13 Å². The van der Waals surface area contributed by atoms with Crippen LogP contribution in [0.4, 0.5) is 5.13 Å². The van der Waals surface area contributed by atoms with Crippen LogP contribution in [-0.2, 0) is 24.7 Å². The number of carbonyl (C=O) groups is 2. The highest BCUT2D eigenvalue weighted by Gasteiger charge is 2.37. The van der Waals surface area contributed by atoms with Crippen molar-refractivity contribution >= 4 is 45.7 Å². The number of benzene rings is 3. The van der Waals surface area contributed by atoms with E-state index < -0.39 is 29.8 Å². The number of aromatic nitrogens is 1. The van der Waals surface area contributed by atoms with E-state index in [1.807, 2.05) is 91.0 Å². The second-order valence-electron chi connectivity index (χ2n) is 7.94. The lowest BCUT2D eigenvalue weighted by atomic mass is 9.77. The SMILES string of the molecule is CCOC(=O)CON=C(C(=O)O)c1nc(NC(c2ccccc2)(c2ccccc2)c2ccccc2)sc1Cl. The standard InChI is InChI=1S/C28H24ClN3O5S/c1-2-36-22(33)18-37-32-24(26(34)35)23-25(29)38-27(30-23)31-28(19-12-6-3-7-13-19,20-14-8-4-9-15-20)21-16-10-5-11-17-21/h3-17H,2,18H2,1H3,(H,30,31)(H,34,35). The average molecular weight is 550 g/mol. The van der Waals surface area contributed by atoms with Gasteiger partial charge in [0.05, 0.1) is 6.61 Å². The number of carboxylic acids is 1. The van der Waals surface area contributed by atoms with Crippen LogP contribution in [-0.4, -0.2) is 41.0 Å². The molecular weight excluding hydrogens is 526 g/mol. The number of nitrogens with zero attached hydrogens (tertiary/aromatic N) is 2. The predicted octanol–water partition coefficient (Wildman–Crippen LogP) is 5.57. The largest absolute Gasteiger partial charge is 0.476 e. The van der Waals surface area contributed by atoms with Crippen LogP contribution in [0, 0.1) is 0 Å². The molecule has 10 heteroatoms. The fourth-order valence-corrected chi connectivity index (χ4v) is 5.08. The Morgan fingerprint density at radius 1 is 0.947 bits per heavy atom. The average Bonchev–Trinajstić information content (AvgIpc) is 3.30. The van der Waals surface area contributed by atoms with Crippen molar-refractivity contribution in [1.82, 2.24) is 4.98 Å². The number of anilines is 1. The van der Waals surface area contributed by atoms with Gasteiger partial charge in [-0.15, -0.1) is 0 Å². The second kappa shape index (κ2) is 12.4. The molecule has 38 heavy (non-hydrogen) atoms. The molecule has 2 N–H and O–H groups in total. The molecule has 3 aromatic carbocycles. The van der Waals surface area contributed by atoms with Crippen molar-refractivity contribution in [2.24, 2.45) is 5.16 Å². The Balaban J connectivity index is 1.80. The minimum atomic E-state index is -1.41. The van der Waals surface area contributed by atoms with Crippen LogP contribution in [0.3, 0.4) is 0 Å². The maximum Gasteiger partial charge on any atom is 0.360 e. The molecule has 0 bridgehead atoms. The monoisotopic (exact) mass is 549 g/mol. The van der Waals surface area contributed by atoms with E-state index >= 15 is 0 Å². The molecule has 0 atom stereocenters. The quantitative estimate of drug-likeness (QED) is 0.109. The number of nitrogens with one attached hydrogen (secondary N) is 1. The Hall–Kier alpha value is -4.21. The summed E-state index contributed by atoms with van der Waals surface area (Å²) in [5.41, 5.74) is 1.32. The highest BCUT2D eigenvalue weighted by molar-refractivity contribution is 7.20. The smallest absolute Gasteiger partial charge is 0.360 e. The Kier molecular flexibility index (Phi) is 8.73. The number of aliphatic carboxylic acids is 1. The maximum atomic E-state index is 12.0. The maximum absolute atomic E-state index is 12.0. The van der Waals surface area contributed by atoms with E-state index in [2.05, 4.69) is 15.5 Å². The number of hydrogen-bond acceptors (Lipinski definition) is 8. The van der Waals surface area contributed by atoms with Gasteiger partial charge in [0.25, 0.3) is 0 Å². The van der Waals surface area contributed by atoms with Gasteiger partial charge in [-0.3, -0.25) is 0 Å². The summed E-state index contributed by atoms with van der Waals surface area (Å²) in [6, 6.07) is 29.6. The molecular formula is C28H24ClN3O5S. The third kappa shape index (κ3) is 5.85. The van der Waals surface area contributed by atoms with Crippen molar-refractivity contribution in [3.8, 4) is 0 Å². The minimum Gasteiger partial charge on any atom is -0.476 e. The van der Waals surface area contributed by atoms with Crippen LogP contribution in [0.2, 0.25) is 4.34 Å². The summed E-state index contributed by atoms with van der Waals surface area (Å²) >= 11 is 7.54. The molecule has 0 saturated carbocycles. The zero-order valence-corrected chi connectivity index (χ0v) is 21.9. The Labute approximate surface area is 228 Å². The van der Waals surface area contributed by atoms with E-state index in [1.165, 1.54) is 0 Å². The summed E-state index contributed by atoms with van der Waals surface area (Å²) in [5, 5.41) is 17.3. The van der Waals surface area contributed by atoms with Crippen molar-refractivity contribution in [1.29, 1.82) is 0 Å². The molecule has 0 saturated heterocycles. The molecule has 194 valence electrons.